The lowest BCUT2D eigenvalue weighted by Crippen LogP contribution is -2.37. The van der Waals surface area contributed by atoms with E-state index in [1.807, 2.05) is 43.3 Å². The van der Waals surface area contributed by atoms with E-state index in [-0.39, 0.29) is 5.91 Å². The molecule has 116 valence electrons. The standard InChI is InChI=1S/C19H23NO2/c1-14-8-10-17(11-9-14)13-20(4)19(21)16(3)22-18-7-5-6-15(2)12-18/h5-12,16H,13H2,1-4H3/t16-/m1/s1. The first kappa shape index (κ1) is 16.1. The minimum Gasteiger partial charge on any atom is -0.481 e. The number of nitrogens with zero attached hydrogens (tertiary/aromatic N) is 1. The van der Waals surface area contributed by atoms with E-state index in [4.69, 9.17) is 4.74 Å². The quantitative estimate of drug-likeness (QED) is 0.841. The smallest absolute Gasteiger partial charge is 0.263 e. The fraction of sp³-hybridized carbons (Fsp3) is 0.316. The van der Waals surface area contributed by atoms with Crippen LogP contribution >= 0.6 is 0 Å². The lowest BCUT2D eigenvalue weighted by molar-refractivity contribution is -0.137. The van der Waals surface area contributed by atoms with E-state index in [2.05, 4.69) is 19.1 Å². The molecule has 2 aromatic carbocycles. The predicted octanol–water partition coefficient (Wildman–Crippen LogP) is 3.73. The molecule has 0 bridgehead atoms. The Morgan fingerprint density at radius 1 is 1.09 bits per heavy atom. The summed E-state index contributed by atoms with van der Waals surface area (Å²) >= 11 is 0. The molecule has 0 radical (unpaired) electrons. The second-order valence-electron chi connectivity index (χ2n) is 5.76. The zero-order valence-electron chi connectivity index (χ0n) is 13.7. The van der Waals surface area contributed by atoms with Gasteiger partial charge in [0.2, 0.25) is 0 Å². The molecule has 0 saturated carbocycles. The Kier molecular flexibility index (Phi) is 5.21. The Morgan fingerprint density at radius 2 is 1.77 bits per heavy atom. The summed E-state index contributed by atoms with van der Waals surface area (Å²) in [6.07, 6.45) is -0.503. The van der Waals surface area contributed by atoms with Crippen LogP contribution in [0.5, 0.6) is 5.75 Å². The fourth-order valence-corrected chi connectivity index (χ4v) is 2.30. The van der Waals surface area contributed by atoms with Gasteiger partial charge in [0.1, 0.15) is 5.75 Å². The fourth-order valence-electron chi connectivity index (χ4n) is 2.30. The zero-order chi connectivity index (χ0) is 16.1. The van der Waals surface area contributed by atoms with E-state index in [1.165, 1.54) is 5.56 Å². The summed E-state index contributed by atoms with van der Waals surface area (Å²) in [5.41, 5.74) is 3.45. The van der Waals surface area contributed by atoms with Crippen LogP contribution in [0.3, 0.4) is 0 Å². The van der Waals surface area contributed by atoms with Crippen LogP contribution in [0.25, 0.3) is 0 Å². The van der Waals surface area contributed by atoms with Crippen LogP contribution in [0.4, 0.5) is 0 Å². The predicted molar refractivity (Wildman–Crippen MR) is 88.9 cm³/mol. The van der Waals surface area contributed by atoms with Gasteiger partial charge in [0.05, 0.1) is 0 Å². The molecule has 0 N–H and O–H groups in total. The highest BCUT2D eigenvalue weighted by Crippen LogP contribution is 2.15. The van der Waals surface area contributed by atoms with Crippen LogP contribution in [0.1, 0.15) is 23.6 Å². The number of rotatable bonds is 5. The average Bonchev–Trinajstić information content (AvgIpc) is 2.48. The van der Waals surface area contributed by atoms with Gasteiger partial charge in [-0.2, -0.15) is 0 Å². The second-order valence-corrected chi connectivity index (χ2v) is 5.76. The van der Waals surface area contributed by atoms with E-state index in [9.17, 15) is 4.79 Å². The van der Waals surface area contributed by atoms with E-state index < -0.39 is 6.10 Å². The summed E-state index contributed by atoms with van der Waals surface area (Å²) in [5, 5.41) is 0. The molecule has 22 heavy (non-hydrogen) atoms. The highest BCUT2D eigenvalue weighted by Gasteiger charge is 2.19. The first-order chi connectivity index (χ1) is 10.5. The van der Waals surface area contributed by atoms with Gasteiger partial charge in [-0.25, -0.2) is 0 Å². The lowest BCUT2D eigenvalue weighted by atomic mass is 10.1. The van der Waals surface area contributed by atoms with Crippen LogP contribution in [0, 0.1) is 13.8 Å². The molecule has 1 atom stereocenters. The molecule has 0 aromatic heterocycles. The van der Waals surface area contributed by atoms with E-state index in [1.54, 1.807) is 18.9 Å². The number of aryl methyl sites for hydroxylation is 2. The summed E-state index contributed by atoms with van der Waals surface area (Å²) in [5.74, 6) is 0.701. The lowest BCUT2D eigenvalue weighted by Gasteiger charge is -2.22. The Morgan fingerprint density at radius 3 is 2.41 bits per heavy atom. The monoisotopic (exact) mass is 297 g/mol. The molecule has 2 aromatic rings. The van der Waals surface area contributed by atoms with Crippen molar-refractivity contribution in [3.63, 3.8) is 0 Å². The van der Waals surface area contributed by atoms with Crippen LogP contribution in [0.15, 0.2) is 48.5 Å². The number of likely N-dealkylation sites (N-methyl/N-ethyl adjacent to an activating group) is 1. The SMILES string of the molecule is Cc1ccc(CN(C)C(=O)[C@@H](C)Oc2cccc(C)c2)cc1. The number of hydrogen-bond donors (Lipinski definition) is 0. The molecule has 0 heterocycles. The molecule has 0 aliphatic rings. The maximum Gasteiger partial charge on any atom is 0.263 e. The minimum absolute atomic E-state index is 0.0259. The van der Waals surface area contributed by atoms with Gasteiger partial charge in [0, 0.05) is 13.6 Å². The number of carbonyl (C=O) groups excluding carboxylic acids is 1. The first-order valence-corrected chi connectivity index (χ1v) is 7.49. The molecule has 0 aliphatic carbocycles. The van der Waals surface area contributed by atoms with Crippen molar-refractivity contribution in [3.05, 3.63) is 65.2 Å². The molecule has 0 spiro atoms. The van der Waals surface area contributed by atoms with Crippen molar-refractivity contribution in [3.8, 4) is 5.75 Å². The van der Waals surface area contributed by atoms with Gasteiger partial charge in [-0.05, 0) is 44.0 Å². The number of benzene rings is 2. The first-order valence-electron chi connectivity index (χ1n) is 7.49. The van der Waals surface area contributed by atoms with Crippen LogP contribution in [-0.2, 0) is 11.3 Å². The summed E-state index contributed by atoms with van der Waals surface area (Å²) < 4.78 is 5.74. The molecule has 0 saturated heterocycles. The van der Waals surface area contributed by atoms with Crippen molar-refractivity contribution in [1.29, 1.82) is 0 Å². The van der Waals surface area contributed by atoms with E-state index >= 15 is 0 Å². The van der Waals surface area contributed by atoms with Crippen molar-refractivity contribution in [2.24, 2.45) is 0 Å². The highest BCUT2D eigenvalue weighted by molar-refractivity contribution is 5.80. The van der Waals surface area contributed by atoms with Crippen molar-refractivity contribution < 1.29 is 9.53 Å². The van der Waals surface area contributed by atoms with Gasteiger partial charge in [-0.15, -0.1) is 0 Å². The maximum atomic E-state index is 12.4. The van der Waals surface area contributed by atoms with Crippen molar-refractivity contribution in [2.45, 2.75) is 33.4 Å². The molecule has 0 unspecified atom stereocenters. The normalized spacial score (nSPS) is 11.8. The van der Waals surface area contributed by atoms with Gasteiger partial charge in [-0.3, -0.25) is 4.79 Å². The van der Waals surface area contributed by atoms with Gasteiger partial charge >= 0.3 is 0 Å². The van der Waals surface area contributed by atoms with Crippen molar-refractivity contribution >= 4 is 5.91 Å². The Labute approximate surface area is 132 Å². The molecule has 3 heteroatoms. The van der Waals surface area contributed by atoms with Crippen molar-refractivity contribution in [1.82, 2.24) is 4.90 Å². The van der Waals surface area contributed by atoms with Crippen molar-refractivity contribution in [2.75, 3.05) is 7.05 Å². The molecule has 1 amide bonds. The Hall–Kier alpha value is -2.29. The largest absolute Gasteiger partial charge is 0.481 e. The summed E-state index contributed by atoms with van der Waals surface area (Å²) in [4.78, 5) is 14.1. The topological polar surface area (TPSA) is 29.5 Å². The molecule has 0 aliphatic heterocycles. The van der Waals surface area contributed by atoms with Gasteiger partial charge < -0.3 is 9.64 Å². The Balaban J connectivity index is 1.96. The van der Waals surface area contributed by atoms with Crippen LogP contribution < -0.4 is 4.74 Å². The minimum atomic E-state index is -0.503. The summed E-state index contributed by atoms with van der Waals surface area (Å²) in [6.45, 7) is 6.43. The molecule has 0 fully saturated rings. The number of hydrogen-bond acceptors (Lipinski definition) is 2. The Bertz CT molecular complexity index is 634. The second kappa shape index (κ2) is 7.12. The van der Waals surface area contributed by atoms with Crippen LogP contribution in [0.2, 0.25) is 0 Å². The van der Waals surface area contributed by atoms with Gasteiger partial charge in [0.25, 0.3) is 5.91 Å². The van der Waals surface area contributed by atoms with E-state index in [0.717, 1.165) is 16.9 Å². The third-order valence-electron chi connectivity index (χ3n) is 3.57. The highest BCUT2D eigenvalue weighted by atomic mass is 16.5. The molecular formula is C19H23NO2. The summed E-state index contributed by atoms with van der Waals surface area (Å²) in [7, 11) is 1.80. The molecular weight excluding hydrogens is 274 g/mol. The molecule has 3 nitrogen and oxygen atoms in total. The third-order valence-corrected chi connectivity index (χ3v) is 3.57. The zero-order valence-corrected chi connectivity index (χ0v) is 13.7. The van der Waals surface area contributed by atoms with Gasteiger partial charge in [0.15, 0.2) is 6.10 Å². The summed E-state index contributed by atoms with van der Waals surface area (Å²) in [6, 6.07) is 15.9. The van der Waals surface area contributed by atoms with Crippen LogP contribution in [-0.4, -0.2) is 24.0 Å². The third kappa shape index (κ3) is 4.35. The number of ether oxygens (including phenoxy) is 1. The van der Waals surface area contributed by atoms with E-state index in [0.29, 0.717) is 6.54 Å². The number of carbonyl (C=O) groups is 1. The van der Waals surface area contributed by atoms with Gasteiger partial charge in [-0.1, -0.05) is 42.0 Å². The maximum absolute atomic E-state index is 12.4. The number of amides is 1. The molecule has 2 rings (SSSR count). The average molecular weight is 297 g/mol.